The molecule has 0 bridgehead atoms. The number of carboxylic acids is 4. The standard InChI is InChI=1S/C16H8Cl2O8/c17-11-5(1-3-7(13(19)20)9(11)15(23)24)6-2-4-8(14(21)22)10(12(6)18)16(25)26/h1-4H,(H,19,20)(H,21,22)(H,23,24)(H,25,26). The second kappa shape index (κ2) is 7.03. The molecule has 26 heavy (non-hydrogen) atoms. The first-order valence-corrected chi connectivity index (χ1v) is 7.42. The topological polar surface area (TPSA) is 149 Å². The highest BCUT2D eigenvalue weighted by Gasteiger charge is 2.26. The molecular formula is C16H8Cl2O8. The van der Waals surface area contributed by atoms with Crippen LogP contribution in [0.4, 0.5) is 0 Å². The van der Waals surface area contributed by atoms with Crippen molar-refractivity contribution in [3.05, 3.63) is 56.6 Å². The molecule has 0 atom stereocenters. The number of hydrogen-bond acceptors (Lipinski definition) is 4. The Labute approximate surface area is 154 Å². The van der Waals surface area contributed by atoms with Crippen molar-refractivity contribution >= 4 is 47.1 Å². The van der Waals surface area contributed by atoms with Crippen molar-refractivity contribution in [2.75, 3.05) is 0 Å². The van der Waals surface area contributed by atoms with Gasteiger partial charge in [-0.15, -0.1) is 0 Å². The molecule has 0 spiro atoms. The van der Waals surface area contributed by atoms with Gasteiger partial charge in [0.25, 0.3) is 0 Å². The molecule has 134 valence electrons. The van der Waals surface area contributed by atoms with Crippen LogP contribution in [0.5, 0.6) is 0 Å². The Balaban J connectivity index is 2.86. The maximum Gasteiger partial charge on any atom is 0.338 e. The van der Waals surface area contributed by atoms with E-state index in [0.717, 1.165) is 24.3 Å². The van der Waals surface area contributed by atoms with E-state index in [4.69, 9.17) is 33.4 Å². The second-order valence-corrected chi connectivity index (χ2v) is 5.68. The molecule has 0 aliphatic heterocycles. The first-order valence-electron chi connectivity index (χ1n) is 6.66. The predicted octanol–water partition coefficient (Wildman–Crippen LogP) is 3.45. The SMILES string of the molecule is O=C(O)c1ccc(-c2ccc(C(=O)O)c(C(=O)O)c2Cl)c(Cl)c1C(=O)O. The van der Waals surface area contributed by atoms with Gasteiger partial charge in [0.15, 0.2) is 0 Å². The van der Waals surface area contributed by atoms with Crippen LogP contribution < -0.4 is 0 Å². The third kappa shape index (κ3) is 3.19. The summed E-state index contributed by atoms with van der Waals surface area (Å²) < 4.78 is 0. The summed E-state index contributed by atoms with van der Waals surface area (Å²) in [5.74, 6) is -6.25. The van der Waals surface area contributed by atoms with Gasteiger partial charge in [0.2, 0.25) is 0 Å². The van der Waals surface area contributed by atoms with Crippen molar-refractivity contribution in [1.82, 2.24) is 0 Å². The summed E-state index contributed by atoms with van der Waals surface area (Å²) in [4.78, 5) is 45.1. The molecule has 0 amide bonds. The minimum atomic E-state index is -1.61. The molecular weight excluding hydrogens is 391 g/mol. The molecule has 0 aliphatic carbocycles. The monoisotopic (exact) mass is 398 g/mol. The number of halogens is 2. The highest BCUT2D eigenvalue weighted by Crippen LogP contribution is 2.39. The predicted molar refractivity (Wildman–Crippen MR) is 89.7 cm³/mol. The Bertz CT molecular complexity index is 901. The van der Waals surface area contributed by atoms with Crippen LogP contribution in [0.15, 0.2) is 24.3 Å². The Morgan fingerprint density at radius 3 is 1.12 bits per heavy atom. The normalized spacial score (nSPS) is 10.4. The van der Waals surface area contributed by atoms with Crippen LogP contribution in [0.1, 0.15) is 41.4 Å². The van der Waals surface area contributed by atoms with Crippen molar-refractivity contribution < 1.29 is 39.6 Å². The number of carbonyl (C=O) groups is 4. The molecule has 0 heterocycles. The smallest absolute Gasteiger partial charge is 0.338 e. The van der Waals surface area contributed by atoms with E-state index >= 15 is 0 Å². The van der Waals surface area contributed by atoms with Gasteiger partial charge < -0.3 is 20.4 Å². The molecule has 0 fully saturated rings. The largest absolute Gasteiger partial charge is 0.478 e. The lowest BCUT2D eigenvalue weighted by atomic mass is 9.95. The van der Waals surface area contributed by atoms with Gasteiger partial charge in [0.05, 0.1) is 32.3 Å². The van der Waals surface area contributed by atoms with Crippen LogP contribution in [0.25, 0.3) is 11.1 Å². The third-order valence-corrected chi connectivity index (χ3v) is 4.25. The van der Waals surface area contributed by atoms with Gasteiger partial charge in [-0.3, -0.25) is 0 Å². The summed E-state index contributed by atoms with van der Waals surface area (Å²) in [6.45, 7) is 0. The molecule has 0 unspecified atom stereocenters. The summed E-state index contributed by atoms with van der Waals surface area (Å²) in [6.07, 6.45) is 0. The van der Waals surface area contributed by atoms with Crippen LogP contribution in [-0.2, 0) is 0 Å². The molecule has 0 radical (unpaired) electrons. The summed E-state index contributed by atoms with van der Waals surface area (Å²) in [5.41, 5.74) is -2.65. The molecule has 0 aromatic heterocycles. The number of rotatable bonds is 5. The maximum absolute atomic E-state index is 11.4. The van der Waals surface area contributed by atoms with E-state index in [1.807, 2.05) is 0 Å². The van der Waals surface area contributed by atoms with E-state index in [9.17, 15) is 29.4 Å². The zero-order valence-electron chi connectivity index (χ0n) is 12.5. The fourth-order valence-electron chi connectivity index (χ4n) is 2.34. The van der Waals surface area contributed by atoms with Crippen LogP contribution in [0.2, 0.25) is 10.0 Å². The Morgan fingerprint density at radius 2 is 0.885 bits per heavy atom. The van der Waals surface area contributed by atoms with Gasteiger partial charge in [0, 0.05) is 11.1 Å². The van der Waals surface area contributed by atoms with E-state index in [1.165, 1.54) is 0 Å². The number of aromatic carboxylic acids is 4. The van der Waals surface area contributed by atoms with Gasteiger partial charge >= 0.3 is 23.9 Å². The first-order chi connectivity index (χ1) is 12.1. The average molecular weight is 399 g/mol. The van der Waals surface area contributed by atoms with Crippen LogP contribution >= 0.6 is 23.2 Å². The maximum atomic E-state index is 11.4. The van der Waals surface area contributed by atoms with Gasteiger partial charge in [0.1, 0.15) is 0 Å². The summed E-state index contributed by atoms with van der Waals surface area (Å²) in [5, 5.41) is 35.7. The molecule has 2 rings (SSSR count). The second-order valence-electron chi connectivity index (χ2n) is 4.92. The number of carboxylic acid groups (broad SMARTS) is 4. The molecule has 10 heteroatoms. The zero-order valence-corrected chi connectivity index (χ0v) is 14.0. The highest BCUT2D eigenvalue weighted by molar-refractivity contribution is 6.40. The van der Waals surface area contributed by atoms with E-state index in [0.29, 0.717) is 0 Å². The molecule has 0 saturated carbocycles. The Hall–Kier alpha value is -3.10. The van der Waals surface area contributed by atoms with Crippen molar-refractivity contribution in [1.29, 1.82) is 0 Å². The molecule has 0 saturated heterocycles. The van der Waals surface area contributed by atoms with Gasteiger partial charge in [-0.05, 0) is 12.1 Å². The summed E-state index contributed by atoms with van der Waals surface area (Å²) in [7, 11) is 0. The van der Waals surface area contributed by atoms with Crippen LogP contribution in [0, 0.1) is 0 Å². The van der Waals surface area contributed by atoms with Gasteiger partial charge in [-0.25, -0.2) is 19.2 Å². The summed E-state index contributed by atoms with van der Waals surface area (Å²) >= 11 is 12.1. The summed E-state index contributed by atoms with van der Waals surface area (Å²) in [6, 6.07) is 4.28. The molecule has 2 aromatic rings. The molecule has 2 aromatic carbocycles. The quantitative estimate of drug-likeness (QED) is 0.597. The van der Waals surface area contributed by atoms with Crippen molar-refractivity contribution in [2.45, 2.75) is 0 Å². The molecule has 0 aliphatic rings. The molecule has 4 N–H and O–H groups in total. The fourth-order valence-corrected chi connectivity index (χ4v) is 3.04. The minimum Gasteiger partial charge on any atom is -0.478 e. The minimum absolute atomic E-state index is 0.0569. The number of benzene rings is 2. The lowest BCUT2D eigenvalue weighted by Crippen LogP contribution is -2.11. The highest BCUT2D eigenvalue weighted by atomic mass is 35.5. The first kappa shape index (κ1) is 19.2. The van der Waals surface area contributed by atoms with E-state index in [1.54, 1.807) is 0 Å². The van der Waals surface area contributed by atoms with E-state index < -0.39 is 56.2 Å². The lowest BCUT2D eigenvalue weighted by molar-refractivity contribution is 0.0651. The van der Waals surface area contributed by atoms with Crippen LogP contribution in [0.3, 0.4) is 0 Å². The van der Waals surface area contributed by atoms with E-state index in [-0.39, 0.29) is 11.1 Å². The fraction of sp³-hybridized carbons (Fsp3) is 0. The lowest BCUT2D eigenvalue weighted by Gasteiger charge is -2.14. The van der Waals surface area contributed by atoms with Crippen molar-refractivity contribution in [3.8, 4) is 11.1 Å². The van der Waals surface area contributed by atoms with Crippen LogP contribution in [-0.4, -0.2) is 44.3 Å². The average Bonchev–Trinajstić information content (AvgIpc) is 2.53. The third-order valence-electron chi connectivity index (χ3n) is 3.46. The zero-order chi connectivity index (χ0) is 19.8. The van der Waals surface area contributed by atoms with Gasteiger partial charge in [-0.1, -0.05) is 35.3 Å². The van der Waals surface area contributed by atoms with Crippen molar-refractivity contribution in [2.24, 2.45) is 0 Å². The molecule has 8 nitrogen and oxygen atoms in total. The Kier molecular flexibility index (Phi) is 5.20. The van der Waals surface area contributed by atoms with Gasteiger partial charge in [-0.2, -0.15) is 0 Å². The Morgan fingerprint density at radius 1 is 0.577 bits per heavy atom. The van der Waals surface area contributed by atoms with Crippen molar-refractivity contribution in [3.63, 3.8) is 0 Å². The number of hydrogen-bond donors (Lipinski definition) is 4. The van der Waals surface area contributed by atoms with E-state index in [2.05, 4.69) is 0 Å².